The van der Waals surface area contributed by atoms with E-state index in [2.05, 4.69) is 34.7 Å². The van der Waals surface area contributed by atoms with Crippen molar-refractivity contribution in [3.05, 3.63) is 48.5 Å². The summed E-state index contributed by atoms with van der Waals surface area (Å²) in [6, 6.07) is 8.25. The predicted molar refractivity (Wildman–Crippen MR) is 111 cm³/mol. The molecule has 2 aromatic rings. The third kappa shape index (κ3) is 6.35. The lowest BCUT2D eigenvalue weighted by molar-refractivity contribution is 0.0888. The molecule has 2 N–H and O–H groups in total. The summed E-state index contributed by atoms with van der Waals surface area (Å²) >= 11 is 0. The maximum atomic E-state index is 5.76. The van der Waals surface area contributed by atoms with Gasteiger partial charge in [-0.2, -0.15) is 0 Å². The van der Waals surface area contributed by atoms with E-state index in [1.165, 1.54) is 0 Å². The number of nitrogens with zero attached hydrogens (tertiary/aromatic N) is 3. The first-order valence-corrected chi connectivity index (χ1v) is 10.1. The molecular formula is C21H31N5O2. The Morgan fingerprint density at radius 3 is 3.07 bits per heavy atom. The maximum Gasteiger partial charge on any atom is 0.191 e. The summed E-state index contributed by atoms with van der Waals surface area (Å²) in [6.45, 7) is 7.61. The van der Waals surface area contributed by atoms with Crippen LogP contribution >= 0.6 is 0 Å². The van der Waals surface area contributed by atoms with Crippen molar-refractivity contribution in [1.29, 1.82) is 0 Å². The minimum atomic E-state index is 0.572. The number of imidazole rings is 1. The highest BCUT2D eigenvalue weighted by atomic mass is 16.5. The lowest BCUT2D eigenvalue weighted by atomic mass is 10.1. The highest BCUT2D eigenvalue weighted by Gasteiger charge is 2.15. The van der Waals surface area contributed by atoms with Gasteiger partial charge in [0.25, 0.3) is 0 Å². The molecule has 1 atom stereocenters. The van der Waals surface area contributed by atoms with Crippen molar-refractivity contribution in [2.75, 3.05) is 39.5 Å². The minimum Gasteiger partial charge on any atom is -0.381 e. The summed E-state index contributed by atoms with van der Waals surface area (Å²) in [5.74, 6) is 1.40. The van der Waals surface area contributed by atoms with E-state index < -0.39 is 0 Å². The van der Waals surface area contributed by atoms with Crippen LogP contribution in [0.5, 0.6) is 0 Å². The quantitative estimate of drug-likeness (QED) is 0.373. The molecule has 152 valence electrons. The van der Waals surface area contributed by atoms with Gasteiger partial charge in [-0.3, -0.25) is 0 Å². The summed E-state index contributed by atoms with van der Waals surface area (Å²) in [7, 11) is 0. The SMILES string of the molecule is CCNC(=NCc1ccccc1-n1ccnc1)NCCCOCC1CCOC1. The lowest BCUT2D eigenvalue weighted by Crippen LogP contribution is -2.38. The fourth-order valence-corrected chi connectivity index (χ4v) is 3.15. The highest BCUT2D eigenvalue weighted by molar-refractivity contribution is 5.79. The molecule has 1 aromatic heterocycles. The van der Waals surface area contributed by atoms with Gasteiger partial charge in [0, 0.05) is 44.6 Å². The number of hydrogen-bond donors (Lipinski definition) is 2. The second-order valence-electron chi connectivity index (χ2n) is 6.88. The van der Waals surface area contributed by atoms with Crippen LogP contribution in [0.4, 0.5) is 0 Å². The van der Waals surface area contributed by atoms with E-state index in [-0.39, 0.29) is 0 Å². The first-order valence-electron chi connectivity index (χ1n) is 10.1. The molecule has 7 nitrogen and oxygen atoms in total. The number of benzene rings is 1. The van der Waals surface area contributed by atoms with Crippen LogP contribution in [0.1, 0.15) is 25.3 Å². The number of aromatic nitrogens is 2. The van der Waals surface area contributed by atoms with Crippen LogP contribution in [-0.4, -0.2) is 55.0 Å². The van der Waals surface area contributed by atoms with Crippen LogP contribution in [0.15, 0.2) is 48.0 Å². The molecule has 1 aromatic carbocycles. The summed E-state index contributed by atoms with van der Waals surface area (Å²) in [5, 5.41) is 6.69. The molecule has 2 heterocycles. The van der Waals surface area contributed by atoms with Crippen molar-refractivity contribution < 1.29 is 9.47 Å². The van der Waals surface area contributed by atoms with E-state index in [1.54, 1.807) is 6.20 Å². The molecule has 0 aliphatic carbocycles. The average Bonchev–Trinajstić information content (AvgIpc) is 3.43. The van der Waals surface area contributed by atoms with Crippen molar-refractivity contribution in [1.82, 2.24) is 20.2 Å². The van der Waals surface area contributed by atoms with E-state index in [0.29, 0.717) is 12.5 Å². The van der Waals surface area contributed by atoms with Crippen molar-refractivity contribution in [3.63, 3.8) is 0 Å². The number of guanidine groups is 1. The Labute approximate surface area is 167 Å². The first-order chi connectivity index (χ1) is 13.9. The van der Waals surface area contributed by atoms with Crippen molar-refractivity contribution in [2.45, 2.75) is 26.3 Å². The van der Waals surface area contributed by atoms with Crippen LogP contribution in [0.25, 0.3) is 5.69 Å². The monoisotopic (exact) mass is 385 g/mol. The summed E-state index contributed by atoms with van der Waals surface area (Å²) < 4.78 is 13.1. The number of rotatable bonds is 10. The van der Waals surface area contributed by atoms with Crippen molar-refractivity contribution in [2.24, 2.45) is 10.9 Å². The molecule has 3 rings (SSSR count). The average molecular weight is 386 g/mol. The molecule has 0 spiro atoms. The van der Waals surface area contributed by atoms with E-state index in [1.807, 2.05) is 29.2 Å². The fourth-order valence-electron chi connectivity index (χ4n) is 3.15. The summed E-state index contributed by atoms with van der Waals surface area (Å²) in [6.07, 6.45) is 7.61. The van der Waals surface area contributed by atoms with Crippen molar-refractivity contribution in [3.8, 4) is 5.69 Å². The van der Waals surface area contributed by atoms with Gasteiger partial charge in [-0.05, 0) is 31.4 Å². The summed E-state index contributed by atoms with van der Waals surface area (Å²) in [4.78, 5) is 8.88. The third-order valence-electron chi connectivity index (χ3n) is 4.66. The second-order valence-corrected chi connectivity index (χ2v) is 6.88. The third-order valence-corrected chi connectivity index (χ3v) is 4.66. The van der Waals surface area contributed by atoms with E-state index in [4.69, 9.17) is 14.5 Å². The van der Waals surface area contributed by atoms with Crippen LogP contribution in [0, 0.1) is 5.92 Å². The Bertz CT molecular complexity index is 711. The van der Waals surface area contributed by atoms with E-state index in [0.717, 1.165) is 69.6 Å². The lowest BCUT2D eigenvalue weighted by Gasteiger charge is -2.13. The maximum absolute atomic E-state index is 5.76. The number of aliphatic imine (C=N–C) groups is 1. The first kappa shape index (κ1) is 20.4. The largest absolute Gasteiger partial charge is 0.381 e. The second kappa shape index (κ2) is 11.5. The van der Waals surface area contributed by atoms with Gasteiger partial charge in [-0.15, -0.1) is 0 Å². The molecule has 0 saturated carbocycles. The van der Waals surface area contributed by atoms with Crippen LogP contribution in [0.2, 0.25) is 0 Å². The predicted octanol–water partition coefficient (Wildman–Crippen LogP) is 2.37. The molecule has 28 heavy (non-hydrogen) atoms. The van der Waals surface area contributed by atoms with Crippen LogP contribution in [0.3, 0.4) is 0 Å². The molecule has 1 aliphatic heterocycles. The normalized spacial score (nSPS) is 17.0. The molecule has 1 unspecified atom stereocenters. The molecule has 1 saturated heterocycles. The number of nitrogens with one attached hydrogen (secondary N) is 2. The minimum absolute atomic E-state index is 0.572. The molecule has 1 fully saturated rings. The summed E-state index contributed by atoms with van der Waals surface area (Å²) in [5.41, 5.74) is 2.25. The topological polar surface area (TPSA) is 72.7 Å². The molecule has 1 aliphatic rings. The van der Waals surface area contributed by atoms with Crippen LogP contribution in [-0.2, 0) is 16.0 Å². The Kier molecular flexibility index (Phi) is 8.33. The van der Waals surface area contributed by atoms with Gasteiger partial charge < -0.3 is 24.7 Å². The Morgan fingerprint density at radius 2 is 2.29 bits per heavy atom. The van der Waals surface area contributed by atoms with Gasteiger partial charge in [0.05, 0.1) is 31.8 Å². The highest BCUT2D eigenvalue weighted by Crippen LogP contribution is 2.15. The smallest absolute Gasteiger partial charge is 0.191 e. The van der Waals surface area contributed by atoms with E-state index >= 15 is 0 Å². The molecular weight excluding hydrogens is 354 g/mol. The standard InChI is InChI=1S/C21H31N5O2/c1-2-23-21(24-9-5-12-27-15-18-8-13-28-16-18)25-14-19-6-3-4-7-20(19)26-11-10-22-17-26/h3-4,6-7,10-11,17-18H,2,5,8-9,12-16H2,1H3,(H2,23,24,25). The molecule has 0 radical (unpaired) electrons. The Morgan fingerprint density at radius 1 is 1.36 bits per heavy atom. The fraction of sp³-hybridized carbons (Fsp3) is 0.524. The number of hydrogen-bond acceptors (Lipinski definition) is 4. The van der Waals surface area contributed by atoms with Gasteiger partial charge >= 0.3 is 0 Å². The zero-order valence-electron chi connectivity index (χ0n) is 16.6. The zero-order chi connectivity index (χ0) is 19.4. The number of para-hydroxylation sites is 1. The molecule has 0 amide bonds. The Balaban J connectivity index is 1.45. The van der Waals surface area contributed by atoms with E-state index in [9.17, 15) is 0 Å². The van der Waals surface area contributed by atoms with Gasteiger partial charge in [0.2, 0.25) is 0 Å². The van der Waals surface area contributed by atoms with Gasteiger partial charge in [-0.25, -0.2) is 9.98 Å². The Hall–Kier alpha value is -2.38. The van der Waals surface area contributed by atoms with Crippen molar-refractivity contribution >= 4 is 5.96 Å². The molecule has 7 heteroatoms. The van der Waals surface area contributed by atoms with Gasteiger partial charge in [0.1, 0.15) is 0 Å². The van der Waals surface area contributed by atoms with Gasteiger partial charge in [0.15, 0.2) is 5.96 Å². The van der Waals surface area contributed by atoms with Crippen LogP contribution < -0.4 is 10.6 Å². The molecule has 0 bridgehead atoms. The zero-order valence-corrected chi connectivity index (χ0v) is 16.6. The van der Waals surface area contributed by atoms with Gasteiger partial charge in [-0.1, -0.05) is 18.2 Å². The number of ether oxygens (including phenoxy) is 2.